The molecule has 22 heavy (non-hydrogen) atoms. The quantitative estimate of drug-likeness (QED) is 0.665. The van der Waals surface area contributed by atoms with Crippen molar-refractivity contribution < 1.29 is 22.7 Å². The standard InChI is InChI=1S/C14H22N2O5S/c1-16(2)22(18,19)13-7-5-12(6-8-13)21-11-14(17)15-9-4-10-20-3/h5-8H,4,9-11H2,1-3H3,(H,15,17). The molecule has 0 aliphatic heterocycles. The van der Waals surface area contributed by atoms with E-state index < -0.39 is 10.0 Å². The van der Waals surface area contributed by atoms with Gasteiger partial charge in [0.25, 0.3) is 5.91 Å². The zero-order chi connectivity index (χ0) is 16.6. The molecule has 124 valence electrons. The van der Waals surface area contributed by atoms with Gasteiger partial charge in [0, 0.05) is 34.4 Å². The molecule has 1 N–H and O–H groups in total. The molecule has 0 aliphatic carbocycles. The largest absolute Gasteiger partial charge is 0.484 e. The lowest BCUT2D eigenvalue weighted by atomic mass is 10.3. The lowest BCUT2D eigenvalue weighted by Gasteiger charge is -2.12. The number of amides is 1. The first-order valence-corrected chi connectivity index (χ1v) is 8.23. The first-order valence-electron chi connectivity index (χ1n) is 6.79. The molecule has 8 heteroatoms. The first kappa shape index (κ1) is 18.4. The fourth-order valence-electron chi connectivity index (χ4n) is 1.56. The molecule has 1 rings (SSSR count). The number of benzene rings is 1. The van der Waals surface area contributed by atoms with Crippen LogP contribution in [-0.2, 0) is 19.6 Å². The van der Waals surface area contributed by atoms with E-state index in [1.807, 2.05) is 0 Å². The molecule has 0 saturated heterocycles. The molecular formula is C14H22N2O5S. The Morgan fingerprint density at radius 3 is 2.41 bits per heavy atom. The summed E-state index contributed by atoms with van der Waals surface area (Å²) in [6.07, 6.45) is 0.735. The van der Waals surface area contributed by atoms with Gasteiger partial charge in [-0.15, -0.1) is 0 Å². The number of methoxy groups -OCH3 is 1. The zero-order valence-electron chi connectivity index (χ0n) is 13.0. The fraction of sp³-hybridized carbons (Fsp3) is 0.500. The van der Waals surface area contributed by atoms with Gasteiger partial charge in [-0.05, 0) is 30.7 Å². The number of nitrogens with one attached hydrogen (secondary N) is 1. The predicted octanol–water partition coefficient (Wildman–Crippen LogP) is 0.468. The lowest BCUT2D eigenvalue weighted by Crippen LogP contribution is -2.30. The Bertz CT molecular complexity index is 569. The average molecular weight is 330 g/mol. The lowest BCUT2D eigenvalue weighted by molar-refractivity contribution is -0.123. The van der Waals surface area contributed by atoms with Crippen molar-refractivity contribution in [1.82, 2.24) is 9.62 Å². The fourth-order valence-corrected chi connectivity index (χ4v) is 2.46. The molecule has 7 nitrogen and oxygen atoms in total. The predicted molar refractivity (Wildman–Crippen MR) is 82.3 cm³/mol. The van der Waals surface area contributed by atoms with Gasteiger partial charge in [0.2, 0.25) is 10.0 Å². The van der Waals surface area contributed by atoms with Crippen molar-refractivity contribution >= 4 is 15.9 Å². The molecule has 1 amide bonds. The molecule has 1 aromatic rings. The Balaban J connectivity index is 2.47. The highest BCUT2D eigenvalue weighted by atomic mass is 32.2. The van der Waals surface area contributed by atoms with Crippen molar-refractivity contribution in [3.8, 4) is 5.75 Å². The van der Waals surface area contributed by atoms with E-state index >= 15 is 0 Å². The molecular weight excluding hydrogens is 308 g/mol. The Hall–Kier alpha value is -1.64. The molecule has 0 radical (unpaired) electrons. The van der Waals surface area contributed by atoms with Gasteiger partial charge in [0.1, 0.15) is 5.75 Å². The summed E-state index contributed by atoms with van der Waals surface area (Å²) in [6, 6.07) is 5.94. The van der Waals surface area contributed by atoms with Crippen LogP contribution in [0.3, 0.4) is 0 Å². The van der Waals surface area contributed by atoms with Crippen LogP contribution >= 0.6 is 0 Å². The molecule has 0 spiro atoms. The molecule has 0 bridgehead atoms. The molecule has 1 aromatic carbocycles. The van der Waals surface area contributed by atoms with E-state index in [-0.39, 0.29) is 17.4 Å². The van der Waals surface area contributed by atoms with Crippen molar-refractivity contribution in [3.63, 3.8) is 0 Å². The highest BCUT2D eigenvalue weighted by Crippen LogP contribution is 2.17. The number of carbonyl (C=O) groups excluding carboxylic acids is 1. The van der Waals surface area contributed by atoms with Crippen molar-refractivity contribution in [3.05, 3.63) is 24.3 Å². The van der Waals surface area contributed by atoms with E-state index in [0.717, 1.165) is 10.7 Å². The van der Waals surface area contributed by atoms with E-state index in [0.29, 0.717) is 18.9 Å². The van der Waals surface area contributed by atoms with Crippen LogP contribution in [0.2, 0.25) is 0 Å². The molecule has 0 saturated carbocycles. The van der Waals surface area contributed by atoms with Gasteiger partial charge in [-0.3, -0.25) is 4.79 Å². The zero-order valence-corrected chi connectivity index (χ0v) is 13.9. The number of carbonyl (C=O) groups is 1. The number of nitrogens with zero attached hydrogens (tertiary/aromatic N) is 1. The second kappa shape index (κ2) is 8.72. The maximum Gasteiger partial charge on any atom is 0.257 e. The van der Waals surface area contributed by atoms with E-state index in [2.05, 4.69) is 5.32 Å². The summed E-state index contributed by atoms with van der Waals surface area (Å²) < 4.78 is 35.1. The first-order chi connectivity index (χ1) is 10.4. The molecule has 0 unspecified atom stereocenters. The smallest absolute Gasteiger partial charge is 0.257 e. The van der Waals surface area contributed by atoms with E-state index in [9.17, 15) is 13.2 Å². The van der Waals surface area contributed by atoms with Gasteiger partial charge in [-0.25, -0.2) is 12.7 Å². The normalized spacial score (nSPS) is 11.5. The minimum absolute atomic E-state index is 0.118. The average Bonchev–Trinajstić information content (AvgIpc) is 2.50. The third-order valence-electron chi connectivity index (χ3n) is 2.82. The summed E-state index contributed by atoms with van der Waals surface area (Å²) >= 11 is 0. The number of ether oxygens (including phenoxy) is 2. The molecule has 0 aliphatic rings. The number of rotatable bonds is 9. The van der Waals surface area contributed by atoms with Crippen LogP contribution < -0.4 is 10.1 Å². The molecule has 0 fully saturated rings. The third-order valence-corrected chi connectivity index (χ3v) is 4.65. The second-order valence-corrected chi connectivity index (χ2v) is 6.90. The highest BCUT2D eigenvalue weighted by Gasteiger charge is 2.16. The SMILES string of the molecule is COCCCNC(=O)COc1ccc(S(=O)(=O)N(C)C)cc1. The van der Waals surface area contributed by atoms with Crippen molar-refractivity contribution in [1.29, 1.82) is 0 Å². The summed E-state index contributed by atoms with van der Waals surface area (Å²) in [6.45, 7) is 0.992. The van der Waals surface area contributed by atoms with Crippen LogP contribution in [0.1, 0.15) is 6.42 Å². The Morgan fingerprint density at radius 2 is 1.86 bits per heavy atom. The Labute approximate surface area is 131 Å². The molecule has 0 atom stereocenters. The minimum atomic E-state index is -3.46. The Morgan fingerprint density at radius 1 is 1.23 bits per heavy atom. The van der Waals surface area contributed by atoms with Gasteiger partial charge >= 0.3 is 0 Å². The van der Waals surface area contributed by atoms with Crippen LogP contribution in [0.25, 0.3) is 0 Å². The van der Waals surface area contributed by atoms with Gasteiger partial charge in [0.15, 0.2) is 6.61 Å². The van der Waals surface area contributed by atoms with Crippen molar-refractivity contribution in [2.75, 3.05) is 41.0 Å². The number of hydrogen-bond donors (Lipinski definition) is 1. The maximum atomic E-state index is 11.9. The van der Waals surface area contributed by atoms with E-state index in [1.54, 1.807) is 7.11 Å². The van der Waals surface area contributed by atoms with Crippen molar-refractivity contribution in [2.45, 2.75) is 11.3 Å². The summed E-state index contributed by atoms with van der Waals surface area (Å²) in [4.78, 5) is 11.7. The highest BCUT2D eigenvalue weighted by molar-refractivity contribution is 7.89. The summed E-state index contributed by atoms with van der Waals surface area (Å²) in [5.74, 6) is 0.200. The van der Waals surface area contributed by atoms with Crippen LogP contribution in [-0.4, -0.2) is 59.6 Å². The van der Waals surface area contributed by atoms with Crippen LogP contribution in [0.4, 0.5) is 0 Å². The van der Waals surface area contributed by atoms with E-state index in [4.69, 9.17) is 9.47 Å². The van der Waals surface area contributed by atoms with Crippen LogP contribution in [0, 0.1) is 0 Å². The maximum absolute atomic E-state index is 11.9. The van der Waals surface area contributed by atoms with Gasteiger partial charge in [-0.2, -0.15) is 0 Å². The summed E-state index contributed by atoms with van der Waals surface area (Å²) in [5.41, 5.74) is 0. The number of hydrogen-bond acceptors (Lipinski definition) is 5. The summed E-state index contributed by atoms with van der Waals surface area (Å²) in [5, 5.41) is 2.69. The van der Waals surface area contributed by atoms with E-state index in [1.165, 1.54) is 38.4 Å². The van der Waals surface area contributed by atoms with Gasteiger partial charge in [0.05, 0.1) is 4.90 Å². The minimum Gasteiger partial charge on any atom is -0.484 e. The molecule has 0 heterocycles. The van der Waals surface area contributed by atoms with Gasteiger partial charge < -0.3 is 14.8 Å². The summed E-state index contributed by atoms with van der Waals surface area (Å²) in [7, 11) is 1.08. The Kier molecular flexibility index (Phi) is 7.30. The second-order valence-electron chi connectivity index (χ2n) is 4.74. The van der Waals surface area contributed by atoms with Crippen LogP contribution in [0.15, 0.2) is 29.2 Å². The van der Waals surface area contributed by atoms with Gasteiger partial charge in [-0.1, -0.05) is 0 Å². The monoisotopic (exact) mass is 330 g/mol. The third kappa shape index (κ3) is 5.63. The topological polar surface area (TPSA) is 84.9 Å². The number of sulfonamides is 1. The van der Waals surface area contributed by atoms with Crippen molar-refractivity contribution in [2.24, 2.45) is 0 Å². The molecule has 0 aromatic heterocycles. The van der Waals surface area contributed by atoms with Crippen LogP contribution in [0.5, 0.6) is 5.75 Å².